The van der Waals surface area contributed by atoms with Gasteiger partial charge in [0.2, 0.25) is 11.8 Å². The van der Waals surface area contributed by atoms with Crippen LogP contribution in [0.5, 0.6) is 0 Å². The predicted octanol–water partition coefficient (Wildman–Crippen LogP) is -0.191. The summed E-state index contributed by atoms with van der Waals surface area (Å²) in [5, 5.41) is 42.7. The number of thioether (sulfide) groups is 3. The molecular weight excluding hydrogens is 771 g/mol. The van der Waals surface area contributed by atoms with Gasteiger partial charge < -0.3 is 26.6 Å². The summed E-state index contributed by atoms with van der Waals surface area (Å²) in [4.78, 5) is 75.0. The van der Waals surface area contributed by atoms with Crippen LogP contribution in [0.15, 0.2) is 63.5 Å². The summed E-state index contributed by atoms with van der Waals surface area (Å²) in [6.45, 7) is 3.41. The van der Waals surface area contributed by atoms with Crippen molar-refractivity contribution in [3.8, 4) is 0 Å². The molecule has 23 heteroatoms. The van der Waals surface area contributed by atoms with Gasteiger partial charge in [-0.3, -0.25) is 29.0 Å². The predicted molar refractivity (Wildman–Crippen MR) is 192 cm³/mol. The zero-order chi connectivity index (χ0) is 38.0. The van der Waals surface area contributed by atoms with Crippen LogP contribution < -0.4 is 16.4 Å². The lowest BCUT2D eigenvalue weighted by Crippen LogP contribution is -2.71. The minimum atomic E-state index is -1.16. The lowest BCUT2D eigenvalue weighted by Gasteiger charge is -2.49. The van der Waals surface area contributed by atoms with Gasteiger partial charge in [-0.1, -0.05) is 53.4 Å². The number of carbonyl (C=O) groups excluding carboxylic acids is 4. The van der Waals surface area contributed by atoms with Crippen LogP contribution >= 0.6 is 46.6 Å². The molecule has 7 rings (SSSR count). The summed E-state index contributed by atoms with van der Waals surface area (Å²) in [6.07, 6.45) is 1.29. The maximum absolute atomic E-state index is 12.6. The molecule has 6 heterocycles. The summed E-state index contributed by atoms with van der Waals surface area (Å²) in [5.41, 5.74) is 7.86. The third-order valence-corrected chi connectivity index (χ3v) is 13.1. The molecule has 0 saturated carbocycles. The van der Waals surface area contributed by atoms with E-state index in [0.717, 1.165) is 9.35 Å². The number of carboxylic acids is 2. The monoisotopic (exact) mass is 801 g/mol. The highest BCUT2D eigenvalue weighted by atomic mass is 32.2. The fraction of sp³-hybridized carbons (Fsp3) is 0.367. The molecule has 2 aromatic heterocycles. The summed E-state index contributed by atoms with van der Waals surface area (Å²) in [6, 6.07) is 6.45. The van der Waals surface area contributed by atoms with E-state index in [0.29, 0.717) is 34.0 Å². The molecule has 5 atom stereocenters. The number of hydrogen-bond donors (Lipinski definition) is 5. The molecule has 4 aliphatic rings. The summed E-state index contributed by atoms with van der Waals surface area (Å²) < 4.78 is 1.98. The molecule has 0 unspecified atom stereocenters. The van der Waals surface area contributed by atoms with Gasteiger partial charge in [-0.25, -0.2) is 14.3 Å². The molecule has 0 aliphatic carbocycles. The fourth-order valence-corrected chi connectivity index (χ4v) is 10.3. The second-order valence-corrected chi connectivity index (χ2v) is 16.4. The number of tetrazole rings is 1. The number of nitrogens with zero attached hydrogens (tertiary/aromatic N) is 8. The van der Waals surface area contributed by atoms with Crippen LogP contribution in [-0.2, 0) is 35.3 Å². The Morgan fingerprint density at radius 1 is 0.943 bits per heavy atom. The van der Waals surface area contributed by atoms with Crippen LogP contribution in [0.25, 0.3) is 0 Å². The summed E-state index contributed by atoms with van der Waals surface area (Å²) >= 11 is 5.67. The zero-order valence-electron chi connectivity index (χ0n) is 27.8. The van der Waals surface area contributed by atoms with E-state index < -0.39 is 64.4 Å². The largest absolute Gasteiger partial charge is 0.477 e. The van der Waals surface area contributed by atoms with E-state index in [1.807, 2.05) is 13.0 Å². The SMILES string of the molecule is CC1=C(C(=O)O)N2C(=O)[C@@H](NC(=O)[C@H](N)c3ccccc3)[C@H]2SC1.Cc1nnc(SCC2=C(C(=O)O)N3C(=O)[C@@H](NC(=O)Cn4cnnn4)[C@H]3SC2)s1. The molecule has 2 saturated heterocycles. The molecular formula is C30H31N11O8S4. The zero-order valence-corrected chi connectivity index (χ0v) is 31.1. The van der Waals surface area contributed by atoms with Crippen molar-refractivity contribution in [1.29, 1.82) is 0 Å². The second kappa shape index (κ2) is 16.0. The van der Waals surface area contributed by atoms with Crippen molar-refractivity contribution in [3.05, 3.63) is 69.8 Å². The van der Waals surface area contributed by atoms with Crippen LogP contribution in [0, 0.1) is 6.92 Å². The number of aromatic nitrogens is 6. The average molecular weight is 802 g/mol. The molecule has 53 heavy (non-hydrogen) atoms. The molecule has 19 nitrogen and oxygen atoms in total. The van der Waals surface area contributed by atoms with Gasteiger partial charge in [-0.05, 0) is 41.0 Å². The number of β-lactam (4-membered cyclic amide) rings is 2. The van der Waals surface area contributed by atoms with E-state index in [9.17, 15) is 39.0 Å². The minimum absolute atomic E-state index is 0.0153. The molecule has 278 valence electrons. The van der Waals surface area contributed by atoms with E-state index in [4.69, 9.17) is 5.73 Å². The third-order valence-electron chi connectivity index (χ3n) is 8.24. The van der Waals surface area contributed by atoms with Gasteiger partial charge in [0, 0.05) is 17.3 Å². The van der Waals surface area contributed by atoms with Crippen molar-refractivity contribution < 1.29 is 39.0 Å². The second-order valence-electron chi connectivity index (χ2n) is 11.8. The maximum atomic E-state index is 12.6. The number of aliphatic carboxylic acids is 2. The topological polar surface area (TPSA) is 269 Å². The first kappa shape index (κ1) is 37.9. The molecule has 0 spiro atoms. The Bertz CT molecular complexity index is 2010. The van der Waals surface area contributed by atoms with Crippen molar-refractivity contribution in [2.24, 2.45) is 5.73 Å². The first-order chi connectivity index (χ1) is 25.3. The van der Waals surface area contributed by atoms with Gasteiger partial charge in [-0.15, -0.1) is 38.8 Å². The lowest BCUT2D eigenvalue weighted by molar-refractivity contribution is -0.150. The molecule has 6 N–H and O–H groups in total. The standard InChI is InChI=1S/C16H17N3O4S.C14H14N8O4S3/c1-8-7-24-15-11(14(21)19(15)12(8)16(22)23)18-13(20)10(17)9-5-3-2-4-6-9;1-6-17-18-14(29-6)28-4-7-3-27-12-9(11(24)22(12)10(7)13(25)26)16-8(23)2-21-5-15-19-20-21/h2-6,10-11,15H,7,17H2,1H3,(H,18,20)(H,22,23);5,9,12H,2-4H2,1H3,(H,16,23)(H,25,26)/t10-,11-,15-;9-,12-/m11/s1. The number of benzene rings is 1. The number of nitrogens with two attached hydrogens (primary N) is 1. The quantitative estimate of drug-likeness (QED) is 0.124. The molecule has 1 aromatic carbocycles. The van der Waals surface area contributed by atoms with Gasteiger partial charge in [0.15, 0.2) is 4.34 Å². The first-order valence-corrected chi connectivity index (χ1v) is 19.6. The Labute approximate surface area is 317 Å². The normalized spacial score (nSPS) is 22.4. The third kappa shape index (κ3) is 7.93. The highest BCUT2D eigenvalue weighted by Crippen LogP contribution is 2.42. The fourth-order valence-electron chi connectivity index (χ4n) is 5.73. The van der Waals surface area contributed by atoms with E-state index in [1.165, 1.54) is 67.4 Å². The molecule has 0 radical (unpaired) electrons. The smallest absolute Gasteiger partial charge is 0.352 e. The molecule has 3 aromatic rings. The minimum Gasteiger partial charge on any atom is -0.477 e. The number of amides is 4. The van der Waals surface area contributed by atoms with Crippen LogP contribution in [0.2, 0.25) is 0 Å². The molecule has 2 fully saturated rings. The highest BCUT2D eigenvalue weighted by molar-refractivity contribution is 8.02. The lowest BCUT2D eigenvalue weighted by atomic mass is 10.0. The number of hydrogen-bond acceptors (Lipinski definition) is 16. The van der Waals surface area contributed by atoms with Crippen molar-refractivity contribution in [2.45, 2.75) is 53.6 Å². The van der Waals surface area contributed by atoms with Crippen molar-refractivity contribution in [2.75, 3.05) is 17.3 Å². The number of carbonyl (C=O) groups is 6. The van der Waals surface area contributed by atoms with Crippen LogP contribution in [0.1, 0.15) is 23.5 Å². The highest BCUT2D eigenvalue weighted by Gasteiger charge is 2.55. The number of fused-ring (bicyclic) bond motifs is 2. The van der Waals surface area contributed by atoms with Crippen molar-refractivity contribution in [1.82, 2.24) is 50.8 Å². The van der Waals surface area contributed by atoms with E-state index >= 15 is 0 Å². The average Bonchev–Trinajstić information content (AvgIpc) is 3.82. The van der Waals surface area contributed by atoms with Gasteiger partial charge in [0.1, 0.15) is 58.1 Å². The van der Waals surface area contributed by atoms with Gasteiger partial charge >= 0.3 is 11.9 Å². The number of aryl methyl sites for hydroxylation is 1. The molecule has 4 amide bonds. The van der Waals surface area contributed by atoms with Crippen molar-refractivity contribution >= 4 is 82.2 Å². The molecule has 0 bridgehead atoms. The first-order valence-electron chi connectivity index (χ1n) is 15.7. The van der Waals surface area contributed by atoms with Gasteiger partial charge in [-0.2, -0.15) is 0 Å². The Morgan fingerprint density at radius 2 is 1.58 bits per heavy atom. The van der Waals surface area contributed by atoms with Crippen LogP contribution in [-0.4, -0.2) is 126 Å². The van der Waals surface area contributed by atoms with E-state index in [-0.39, 0.29) is 17.9 Å². The van der Waals surface area contributed by atoms with Gasteiger partial charge in [0.25, 0.3) is 11.8 Å². The number of carboxylic acid groups (broad SMARTS) is 2. The summed E-state index contributed by atoms with van der Waals surface area (Å²) in [5.74, 6) is -2.68. The van der Waals surface area contributed by atoms with Crippen LogP contribution in [0.4, 0.5) is 0 Å². The maximum Gasteiger partial charge on any atom is 0.352 e. The van der Waals surface area contributed by atoms with Crippen molar-refractivity contribution in [3.63, 3.8) is 0 Å². The Morgan fingerprint density at radius 3 is 2.19 bits per heavy atom. The van der Waals surface area contributed by atoms with E-state index in [2.05, 4.69) is 36.4 Å². The molecule has 4 aliphatic heterocycles. The number of nitrogens with one attached hydrogen (secondary N) is 2. The van der Waals surface area contributed by atoms with E-state index in [1.54, 1.807) is 31.2 Å². The Hall–Kier alpha value is -4.84. The Balaban J connectivity index is 0.000000185. The number of rotatable bonds is 11. The van der Waals surface area contributed by atoms with Gasteiger partial charge in [0.05, 0.1) is 0 Å². The Kier molecular flexibility index (Phi) is 11.5. The summed E-state index contributed by atoms with van der Waals surface area (Å²) in [7, 11) is 0. The van der Waals surface area contributed by atoms with Crippen LogP contribution in [0.3, 0.4) is 0 Å².